The van der Waals surface area contributed by atoms with Gasteiger partial charge in [0.25, 0.3) is 0 Å². The monoisotopic (exact) mass is 191 g/mol. The highest BCUT2D eigenvalue weighted by Crippen LogP contribution is 2.07. The number of aromatic nitrogens is 3. The van der Waals surface area contributed by atoms with Crippen LogP contribution in [0.15, 0.2) is 24.5 Å². The first-order chi connectivity index (χ1) is 6.75. The number of carboxylic acid groups (broad SMARTS) is 1. The zero-order chi connectivity index (χ0) is 9.97. The summed E-state index contributed by atoms with van der Waals surface area (Å²) in [6.07, 6.45) is 4.11. The average Bonchev–Trinajstić information content (AvgIpc) is 2.61. The number of carboxylic acids is 1. The van der Waals surface area contributed by atoms with Gasteiger partial charge in [-0.2, -0.15) is 0 Å². The lowest BCUT2D eigenvalue weighted by Gasteiger charge is -1.98. The van der Waals surface area contributed by atoms with Crippen molar-refractivity contribution in [2.75, 3.05) is 0 Å². The van der Waals surface area contributed by atoms with Gasteiger partial charge in [0.05, 0.1) is 11.7 Å². The molecule has 72 valence electrons. The molecule has 2 heterocycles. The summed E-state index contributed by atoms with van der Waals surface area (Å²) in [5.41, 5.74) is 1.87. The number of rotatable bonds is 3. The van der Waals surface area contributed by atoms with E-state index in [0.717, 1.165) is 11.1 Å². The minimum atomic E-state index is -0.781. The maximum absolute atomic E-state index is 10.4. The van der Waals surface area contributed by atoms with Crippen LogP contribution < -0.4 is 0 Å². The highest BCUT2D eigenvalue weighted by Gasteiger charge is 2.00. The van der Waals surface area contributed by atoms with Crippen LogP contribution in [0.5, 0.6) is 0 Å². The Morgan fingerprint density at radius 1 is 1.57 bits per heavy atom. The summed E-state index contributed by atoms with van der Waals surface area (Å²) in [4.78, 5) is 10.4. The zero-order valence-corrected chi connectivity index (χ0v) is 7.42. The van der Waals surface area contributed by atoms with Crippen molar-refractivity contribution in [3.05, 3.63) is 30.1 Å². The van der Waals surface area contributed by atoms with Gasteiger partial charge in [0.1, 0.15) is 0 Å². The molecule has 0 atom stereocenters. The lowest BCUT2D eigenvalue weighted by atomic mass is 10.1. The summed E-state index contributed by atoms with van der Waals surface area (Å²) in [5.74, 6) is -0.781. The number of aliphatic carboxylic acids is 1. The van der Waals surface area contributed by atoms with Crippen LogP contribution in [0.25, 0.3) is 5.52 Å². The normalized spacial score (nSPS) is 10.6. The standard InChI is InChI=1S/C9H9N3O2/c13-9(14)2-1-7-3-4-12-8(5-7)6-10-11-12/h3-6H,1-2H2,(H,13,14). The van der Waals surface area contributed by atoms with Gasteiger partial charge >= 0.3 is 5.97 Å². The van der Waals surface area contributed by atoms with E-state index >= 15 is 0 Å². The van der Waals surface area contributed by atoms with Gasteiger partial charge in [-0.1, -0.05) is 5.21 Å². The number of nitrogens with zero attached hydrogens (tertiary/aromatic N) is 3. The molecule has 2 rings (SSSR count). The van der Waals surface area contributed by atoms with E-state index in [4.69, 9.17) is 5.11 Å². The van der Waals surface area contributed by atoms with Crippen LogP contribution in [0.1, 0.15) is 12.0 Å². The van der Waals surface area contributed by atoms with Gasteiger partial charge in [0.15, 0.2) is 0 Å². The molecule has 2 aromatic rings. The minimum absolute atomic E-state index is 0.151. The SMILES string of the molecule is O=C(O)CCc1ccn2nncc2c1. The number of pyridine rings is 1. The van der Waals surface area contributed by atoms with Gasteiger partial charge in [-0.25, -0.2) is 4.52 Å². The summed E-state index contributed by atoms with van der Waals surface area (Å²) >= 11 is 0. The molecule has 0 aliphatic heterocycles. The summed E-state index contributed by atoms with van der Waals surface area (Å²) in [5, 5.41) is 16.1. The van der Waals surface area contributed by atoms with Crippen molar-refractivity contribution in [3.63, 3.8) is 0 Å². The van der Waals surface area contributed by atoms with Crippen LogP contribution in [0.2, 0.25) is 0 Å². The Hall–Kier alpha value is -1.91. The number of carbonyl (C=O) groups is 1. The lowest BCUT2D eigenvalue weighted by Crippen LogP contribution is -1.98. The maximum atomic E-state index is 10.4. The van der Waals surface area contributed by atoms with Gasteiger partial charge in [-0.3, -0.25) is 4.79 Å². The third-order valence-corrected chi connectivity index (χ3v) is 1.99. The molecule has 0 unspecified atom stereocenters. The highest BCUT2D eigenvalue weighted by molar-refractivity contribution is 5.67. The van der Waals surface area contributed by atoms with E-state index in [1.165, 1.54) is 0 Å². The summed E-state index contributed by atoms with van der Waals surface area (Å²) in [7, 11) is 0. The quantitative estimate of drug-likeness (QED) is 0.777. The Bertz CT molecular complexity index is 464. The van der Waals surface area contributed by atoms with Crippen LogP contribution in [-0.4, -0.2) is 25.9 Å². The molecule has 0 spiro atoms. The number of hydrogen-bond acceptors (Lipinski definition) is 3. The van der Waals surface area contributed by atoms with Gasteiger partial charge in [0.2, 0.25) is 0 Å². The first-order valence-corrected chi connectivity index (χ1v) is 4.26. The molecule has 5 nitrogen and oxygen atoms in total. The van der Waals surface area contributed by atoms with Crippen molar-refractivity contribution in [1.82, 2.24) is 14.8 Å². The molecule has 0 radical (unpaired) electrons. The molecule has 0 saturated carbocycles. The Balaban J connectivity index is 2.21. The van der Waals surface area contributed by atoms with E-state index in [-0.39, 0.29) is 6.42 Å². The first-order valence-electron chi connectivity index (χ1n) is 4.26. The van der Waals surface area contributed by atoms with Crippen LogP contribution >= 0.6 is 0 Å². The molecular weight excluding hydrogens is 182 g/mol. The Morgan fingerprint density at radius 3 is 3.21 bits per heavy atom. The first kappa shape index (κ1) is 8.68. The van der Waals surface area contributed by atoms with E-state index in [1.54, 1.807) is 16.9 Å². The van der Waals surface area contributed by atoms with Gasteiger partial charge in [-0.15, -0.1) is 5.10 Å². The molecule has 0 aromatic carbocycles. The van der Waals surface area contributed by atoms with Crippen LogP contribution in [0.3, 0.4) is 0 Å². The second kappa shape index (κ2) is 3.45. The van der Waals surface area contributed by atoms with Gasteiger partial charge in [0, 0.05) is 12.6 Å². The highest BCUT2D eigenvalue weighted by atomic mass is 16.4. The maximum Gasteiger partial charge on any atom is 0.303 e. The predicted molar refractivity (Wildman–Crippen MR) is 48.9 cm³/mol. The van der Waals surface area contributed by atoms with Crippen molar-refractivity contribution in [2.24, 2.45) is 0 Å². The van der Waals surface area contributed by atoms with Crippen molar-refractivity contribution < 1.29 is 9.90 Å². The van der Waals surface area contributed by atoms with Crippen molar-refractivity contribution in [3.8, 4) is 0 Å². The molecule has 0 bridgehead atoms. The minimum Gasteiger partial charge on any atom is -0.481 e. The molecule has 0 saturated heterocycles. The summed E-state index contributed by atoms with van der Waals surface area (Å²) < 4.78 is 1.64. The Kier molecular flexibility index (Phi) is 2.14. The fraction of sp³-hybridized carbons (Fsp3) is 0.222. The second-order valence-corrected chi connectivity index (χ2v) is 3.03. The van der Waals surface area contributed by atoms with E-state index in [0.29, 0.717) is 6.42 Å². The number of aryl methyl sites for hydroxylation is 1. The molecule has 0 aliphatic carbocycles. The molecule has 14 heavy (non-hydrogen) atoms. The summed E-state index contributed by atoms with van der Waals surface area (Å²) in [6, 6.07) is 3.74. The average molecular weight is 191 g/mol. The van der Waals surface area contributed by atoms with Gasteiger partial charge in [-0.05, 0) is 24.1 Å². The number of fused-ring (bicyclic) bond motifs is 1. The molecule has 0 aliphatic rings. The zero-order valence-electron chi connectivity index (χ0n) is 7.42. The lowest BCUT2D eigenvalue weighted by molar-refractivity contribution is -0.136. The molecule has 5 heteroatoms. The third-order valence-electron chi connectivity index (χ3n) is 1.99. The van der Waals surface area contributed by atoms with E-state index in [9.17, 15) is 4.79 Å². The van der Waals surface area contributed by atoms with Crippen molar-refractivity contribution >= 4 is 11.5 Å². The fourth-order valence-electron chi connectivity index (χ4n) is 1.28. The van der Waals surface area contributed by atoms with E-state index in [1.807, 2.05) is 12.1 Å². The van der Waals surface area contributed by atoms with Crippen molar-refractivity contribution in [1.29, 1.82) is 0 Å². The fourth-order valence-corrected chi connectivity index (χ4v) is 1.28. The van der Waals surface area contributed by atoms with Crippen LogP contribution in [-0.2, 0) is 11.2 Å². The summed E-state index contributed by atoms with van der Waals surface area (Å²) in [6.45, 7) is 0. The van der Waals surface area contributed by atoms with Crippen LogP contribution in [0, 0.1) is 0 Å². The smallest absolute Gasteiger partial charge is 0.303 e. The van der Waals surface area contributed by atoms with Crippen molar-refractivity contribution in [2.45, 2.75) is 12.8 Å². The van der Waals surface area contributed by atoms with E-state index in [2.05, 4.69) is 10.3 Å². The topological polar surface area (TPSA) is 67.5 Å². The Labute approximate surface area is 80.0 Å². The number of hydrogen-bond donors (Lipinski definition) is 1. The van der Waals surface area contributed by atoms with Gasteiger partial charge < -0.3 is 5.11 Å². The molecule has 0 fully saturated rings. The largest absolute Gasteiger partial charge is 0.481 e. The molecule has 1 N–H and O–H groups in total. The second-order valence-electron chi connectivity index (χ2n) is 3.03. The third kappa shape index (κ3) is 1.71. The predicted octanol–water partition coefficient (Wildman–Crippen LogP) is 0.746. The Morgan fingerprint density at radius 2 is 2.43 bits per heavy atom. The molecule has 0 amide bonds. The van der Waals surface area contributed by atoms with E-state index < -0.39 is 5.97 Å². The van der Waals surface area contributed by atoms with Crippen LogP contribution in [0.4, 0.5) is 0 Å². The molecule has 2 aromatic heterocycles. The molecular formula is C9H9N3O2.